The second kappa shape index (κ2) is 6.99. The van der Waals surface area contributed by atoms with E-state index >= 15 is 0 Å². The lowest BCUT2D eigenvalue weighted by atomic mass is 10.2. The maximum atomic E-state index is 5.40. The van der Waals surface area contributed by atoms with Gasteiger partial charge in [-0.05, 0) is 28.8 Å². The number of para-hydroxylation sites is 1. The van der Waals surface area contributed by atoms with Crippen molar-refractivity contribution in [3.05, 3.63) is 29.8 Å². The van der Waals surface area contributed by atoms with Gasteiger partial charge in [-0.2, -0.15) is 0 Å². The Balaban J connectivity index is 3.31. The molecule has 0 aliphatic rings. The van der Waals surface area contributed by atoms with E-state index in [2.05, 4.69) is 53.0 Å². The maximum Gasteiger partial charge on any atom is 0.146 e. The van der Waals surface area contributed by atoms with E-state index in [9.17, 15) is 0 Å². The second-order valence-electron chi connectivity index (χ2n) is 6.35. The van der Waals surface area contributed by atoms with Crippen molar-refractivity contribution < 1.29 is 4.74 Å². The lowest BCUT2D eigenvalue weighted by molar-refractivity contribution is 0.413. The number of hydrogen-bond acceptors (Lipinski definition) is 1. The minimum absolute atomic E-state index is 0.657. The standard InChI is InChI=1S/C18H28OSi/c1-14(2)20(15(3)4,16(5)6)13-12-17-10-8-9-11-18(17)19-7/h8-11,14-16H,1-7H3. The number of benzene rings is 1. The molecule has 110 valence electrons. The summed E-state index contributed by atoms with van der Waals surface area (Å²) in [6, 6.07) is 8.04. The molecule has 0 aliphatic carbocycles. The Morgan fingerprint density at radius 3 is 1.85 bits per heavy atom. The Hall–Kier alpha value is -1.20. The molecule has 0 saturated heterocycles. The van der Waals surface area contributed by atoms with Gasteiger partial charge in [-0.25, -0.2) is 0 Å². The van der Waals surface area contributed by atoms with Crippen LogP contribution in [0.3, 0.4) is 0 Å². The summed E-state index contributed by atoms with van der Waals surface area (Å²) in [6.45, 7) is 14.0. The molecular formula is C18H28OSi. The molecule has 0 bridgehead atoms. The van der Waals surface area contributed by atoms with Gasteiger partial charge in [-0.1, -0.05) is 59.6 Å². The van der Waals surface area contributed by atoms with Crippen molar-refractivity contribution in [1.82, 2.24) is 0 Å². The molecule has 0 fully saturated rings. The van der Waals surface area contributed by atoms with E-state index in [4.69, 9.17) is 4.74 Å². The number of hydrogen-bond donors (Lipinski definition) is 0. The van der Waals surface area contributed by atoms with E-state index in [1.807, 2.05) is 24.3 Å². The van der Waals surface area contributed by atoms with Crippen LogP contribution in [-0.2, 0) is 0 Å². The van der Waals surface area contributed by atoms with Gasteiger partial charge in [0.15, 0.2) is 0 Å². The highest BCUT2D eigenvalue weighted by atomic mass is 28.3. The van der Waals surface area contributed by atoms with Crippen molar-refractivity contribution in [2.75, 3.05) is 7.11 Å². The largest absolute Gasteiger partial charge is 0.495 e. The van der Waals surface area contributed by atoms with Gasteiger partial charge in [0.1, 0.15) is 13.8 Å². The zero-order valence-electron chi connectivity index (χ0n) is 13.9. The van der Waals surface area contributed by atoms with Crippen molar-refractivity contribution in [2.45, 2.75) is 58.2 Å². The average Bonchev–Trinajstić information content (AvgIpc) is 2.38. The van der Waals surface area contributed by atoms with E-state index in [1.54, 1.807) is 7.11 Å². The monoisotopic (exact) mass is 288 g/mol. The molecule has 2 heteroatoms. The first-order valence-corrected chi connectivity index (χ1v) is 9.75. The summed E-state index contributed by atoms with van der Waals surface area (Å²) in [5.41, 5.74) is 6.71. The molecule has 1 rings (SSSR count). The molecule has 0 unspecified atom stereocenters. The third-order valence-corrected chi connectivity index (χ3v) is 10.7. The Morgan fingerprint density at radius 2 is 1.40 bits per heavy atom. The smallest absolute Gasteiger partial charge is 0.146 e. The Labute approximate surface area is 125 Å². The molecule has 0 atom stereocenters. The van der Waals surface area contributed by atoms with E-state index in [0.29, 0.717) is 16.6 Å². The first-order chi connectivity index (χ1) is 9.36. The van der Waals surface area contributed by atoms with Gasteiger partial charge in [-0.3, -0.25) is 0 Å². The zero-order valence-corrected chi connectivity index (χ0v) is 14.9. The second-order valence-corrected chi connectivity index (χ2v) is 11.9. The first kappa shape index (κ1) is 16.9. The Kier molecular flexibility index (Phi) is 5.89. The number of ether oxygens (including phenoxy) is 1. The molecule has 1 aromatic carbocycles. The summed E-state index contributed by atoms with van der Waals surface area (Å²) < 4.78 is 5.40. The van der Waals surface area contributed by atoms with Crippen LogP contribution in [0, 0.1) is 11.5 Å². The minimum Gasteiger partial charge on any atom is -0.495 e. The van der Waals surface area contributed by atoms with Crippen molar-refractivity contribution in [2.24, 2.45) is 0 Å². The normalized spacial score (nSPS) is 11.7. The summed E-state index contributed by atoms with van der Waals surface area (Å²) in [7, 11) is 0.0442. The lowest BCUT2D eigenvalue weighted by Gasteiger charge is -2.38. The zero-order chi connectivity index (χ0) is 15.3. The van der Waals surface area contributed by atoms with Crippen LogP contribution >= 0.6 is 0 Å². The average molecular weight is 289 g/mol. The van der Waals surface area contributed by atoms with Crippen LogP contribution in [0.5, 0.6) is 5.75 Å². The van der Waals surface area contributed by atoms with Crippen LogP contribution < -0.4 is 4.74 Å². The van der Waals surface area contributed by atoms with Crippen LogP contribution in [0.1, 0.15) is 47.1 Å². The van der Waals surface area contributed by atoms with Gasteiger partial charge in [0.25, 0.3) is 0 Å². The highest BCUT2D eigenvalue weighted by molar-refractivity contribution is 6.90. The van der Waals surface area contributed by atoms with Gasteiger partial charge >= 0.3 is 0 Å². The fourth-order valence-electron chi connectivity index (χ4n) is 3.36. The van der Waals surface area contributed by atoms with Crippen LogP contribution in [0.2, 0.25) is 16.6 Å². The predicted octanol–water partition coefficient (Wildman–Crippen LogP) is 5.26. The van der Waals surface area contributed by atoms with Gasteiger partial charge in [0, 0.05) is 0 Å². The van der Waals surface area contributed by atoms with Crippen LogP contribution in [0.15, 0.2) is 24.3 Å². The van der Waals surface area contributed by atoms with E-state index in [-0.39, 0.29) is 0 Å². The summed E-state index contributed by atoms with van der Waals surface area (Å²) >= 11 is 0. The van der Waals surface area contributed by atoms with Crippen LogP contribution in [-0.4, -0.2) is 15.2 Å². The minimum atomic E-state index is -1.66. The summed E-state index contributed by atoms with van der Waals surface area (Å²) in [5.74, 6) is 4.31. The molecule has 20 heavy (non-hydrogen) atoms. The summed E-state index contributed by atoms with van der Waals surface area (Å²) in [6.07, 6.45) is 0. The van der Waals surface area contributed by atoms with Crippen molar-refractivity contribution in [1.29, 1.82) is 0 Å². The highest BCUT2D eigenvalue weighted by Crippen LogP contribution is 2.40. The van der Waals surface area contributed by atoms with Crippen LogP contribution in [0.25, 0.3) is 0 Å². The highest BCUT2D eigenvalue weighted by Gasteiger charge is 2.41. The van der Waals surface area contributed by atoms with Gasteiger partial charge in [0.05, 0.1) is 12.7 Å². The van der Waals surface area contributed by atoms with E-state index < -0.39 is 8.07 Å². The molecule has 0 aromatic heterocycles. The molecule has 0 heterocycles. The van der Waals surface area contributed by atoms with Crippen molar-refractivity contribution in [3.8, 4) is 17.2 Å². The lowest BCUT2D eigenvalue weighted by Crippen LogP contribution is -2.43. The van der Waals surface area contributed by atoms with Crippen LogP contribution in [0.4, 0.5) is 0 Å². The van der Waals surface area contributed by atoms with Gasteiger partial charge in [0.2, 0.25) is 0 Å². The fraction of sp³-hybridized carbons (Fsp3) is 0.556. The SMILES string of the molecule is COc1ccccc1C#C[Si](C(C)C)(C(C)C)C(C)C. The Bertz CT molecular complexity index is 470. The first-order valence-electron chi connectivity index (χ1n) is 7.52. The molecule has 0 spiro atoms. The molecule has 0 amide bonds. The van der Waals surface area contributed by atoms with Gasteiger partial charge < -0.3 is 4.74 Å². The number of rotatable bonds is 4. The maximum absolute atomic E-state index is 5.40. The quantitative estimate of drug-likeness (QED) is 0.542. The molecule has 0 N–H and O–H groups in total. The van der Waals surface area contributed by atoms with E-state index in [0.717, 1.165) is 11.3 Å². The molecular weight excluding hydrogens is 260 g/mol. The summed E-state index contributed by atoms with van der Waals surface area (Å²) in [4.78, 5) is 0. The third-order valence-electron chi connectivity index (χ3n) is 4.39. The fourth-order valence-corrected chi connectivity index (χ4v) is 8.57. The molecule has 1 nitrogen and oxygen atoms in total. The van der Waals surface area contributed by atoms with Gasteiger partial charge in [-0.15, -0.1) is 5.54 Å². The third kappa shape index (κ3) is 3.27. The predicted molar refractivity (Wildman–Crippen MR) is 90.9 cm³/mol. The molecule has 0 radical (unpaired) electrons. The Morgan fingerprint density at radius 1 is 0.900 bits per heavy atom. The summed E-state index contributed by atoms with van der Waals surface area (Å²) in [5, 5.41) is 0. The number of methoxy groups -OCH3 is 1. The van der Waals surface area contributed by atoms with Crippen molar-refractivity contribution in [3.63, 3.8) is 0 Å². The molecule has 1 aromatic rings. The van der Waals surface area contributed by atoms with E-state index in [1.165, 1.54) is 0 Å². The van der Waals surface area contributed by atoms with Crippen molar-refractivity contribution >= 4 is 8.07 Å². The molecule has 0 saturated carbocycles. The molecule has 0 aliphatic heterocycles. The topological polar surface area (TPSA) is 9.23 Å².